The lowest BCUT2D eigenvalue weighted by atomic mass is 9.88. The van der Waals surface area contributed by atoms with Gasteiger partial charge in [-0.25, -0.2) is 4.79 Å². The Morgan fingerprint density at radius 1 is 1.17 bits per heavy atom. The van der Waals surface area contributed by atoms with Crippen LogP contribution < -0.4 is 11.1 Å². The van der Waals surface area contributed by atoms with E-state index >= 15 is 0 Å². The van der Waals surface area contributed by atoms with Crippen LogP contribution in [0.15, 0.2) is 48.5 Å². The number of nitrogen functional groups attached to an aromatic ring is 1. The number of hydrogen-bond acceptors (Lipinski definition) is 6. The van der Waals surface area contributed by atoms with E-state index < -0.39 is 30.1 Å². The maximum atomic E-state index is 13.9. The number of carbonyl (C=O) groups excluding carboxylic acids is 2. The molecule has 186 valence electrons. The van der Waals surface area contributed by atoms with Crippen LogP contribution in [0, 0.1) is 0 Å². The van der Waals surface area contributed by atoms with Gasteiger partial charge in [0, 0.05) is 5.69 Å². The van der Waals surface area contributed by atoms with Gasteiger partial charge < -0.3 is 20.5 Å². The van der Waals surface area contributed by atoms with Crippen molar-refractivity contribution in [3.05, 3.63) is 65.2 Å². The first-order valence-electron chi connectivity index (χ1n) is 12.3. The Balaban J connectivity index is 1.66. The maximum Gasteiger partial charge on any atom is 0.326 e. The molecule has 1 saturated heterocycles. The minimum atomic E-state index is -1.01. The first-order chi connectivity index (χ1) is 16.9. The van der Waals surface area contributed by atoms with Gasteiger partial charge in [-0.15, -0.1) is 0 Å². The fourth-order valence-corrected chi connectivity index (χ4v) is 5.34. The van der Waals surface area contributed by atoms with E-state index in [1.807, 2.05) is 42.5 Å². The van der Waals surface area contributed by atoms with Gasteiger partial charge in [-0.1, -0.05) is 42.5 Å². The van der Waals surface area contributed by atoms with Crippen LogP contribution in [-0.4, -0.2) is 52.6 Å². The third-order valence-corrected chi connectivity index (χ3v) is 7.02. The van der Waals surface area contributed by atoms with Crippen molar-refractivity contribution in [2.75, 3.05) is 12.3 Å². The number of carbonyl (C=O) groups is 3. The molecule has 8 nitrogen and oxygen atoms in total. The van der Waals surface area contributed by atoms with Gasteiger partial charge in [0.2, 0.25) is 5.91 Å². The number of carboxylic acids is 1. The Kier molecular flexibility index (Phi) is 7.70. The summed E-state index contributed by atoms with van der Waals surface area (Å²) in [4.78, 5) is 40.4. The summed E-state index contributed by atoms with van der Waals surface area (Å²) in [7, 11) is 0. The number of ether oxygens (including phenoxy) is 1. The van der Waals surface area contributed by atoms with Gasteiger partial charge in [0.15, 0.2) is 0 Å². The number of aryl methyl sites for hydroxylation is 1. The topological polar surface area (TPSA) is 122 Å². The van der Waals surface area contributed by atoms with Gasteiger partial charge in [0.05, 0.1) is 18.7 Å². The van der Waals surface area contributed by atoms with Gasteiger partial charge in [0.25, 0.3) is 0 Å². The van der Waals surface area contributed by atoms with Crippen LogP contribution >= 0.6 is 0 Å². The third kappa shape index (κ3) is 5.32. The molecule has 2 aromatic rings. The van der Waals surface area contributed by atoms with Crippen LogP contribution in [0.25, 0.3) is 0 Å². The van der Waals surface area contributed by atoms with Crippen molar-refractivity contribution in [1.29, 1.82) is 0 Å². The predicted octanol–water partition coefficient (Wildman–Crippen LogP) is 2.85. The Morgan fingerprint density at radius 3 is 2.66 bits per heavy atom. The van der Waals surface area contributed by atoms with Gasteiger partial charge in [-0.2, -0.15) is 0 Å². The average Bonchev–Trinajstić information content (AvgIpc) is 2.98. The molecule has 1 amide bonds. The molecule has 4 N–H and O–H groups in total. The monoisotopic (exact) mass is 479 g/mol. The Labute approximate surface area is 205 Å². The SMILES string of the molecule is CCOC(=O)C(CCc1ccccc1)NC1Cc2c(N)cccc2C2CCCC(C(=O)O)N2C1=O. The number of aliphatic carboxylic acids is 1. The molecular weight excluding hydrogens is 446 g/mol. The summed E-state index contributed by atoms with van der Waals surface area (Å²) in [5.74, 6) is -1.75. The summed E-state index contributed by atoms with van der Waals surface area (Å²) in [6, 6.07) is 12.6. The molecule has 0 aromatic heterocycles. The van der Waals surface area contributed by atoms with Crippen LogP contribution in [0.5, 0.6) is 0 Å². The minimum absolute atomic E-state index is 0.228. The number of nitrogens with one attached hydrogen (secondary N) is 1. The van der Waals surface area contributed by atoms with E-state index in [1.54, 1.807) is 13.0 Å². The standard InChI is InChI=1S/C27H33N3O5/c1-2-35-27(34)21(15-14-17-8-4-3-5-9-17)29-22-16-19-18(10-6-11-20(19)28)23-12-7-13-24(26(32)33)30(23)25(22)31/h3-6,8-11,21-24,29H,2,7,12-16,28H2,1H3,(H,32,33). The average molecular weight is 480 g/mol. The summed E-state index contributed by atoms with van der Waals surface area (Å²) in [5, 5.41) is 13.2. The van der Waals surface area contributed by atoms with E-state index in [4.69, 9.17) is 10.5 Å². The van der Waals surface area contributed by atoms with E-state index in [0.29, 0.717) is 37.8 Å². The molecule has 2 heterocycles. The summed E-state index contributed by atoms with van der Waals surface area (Å²) < 4.78 is 5.31. The van der Waals surface area contributed by atoms with Gasteiger partial charge in [-0.05, 0) is 68.2 Å². The summed E-state index contributed by atoms with van der Waals surface area (Å²) in [6.07, 6.45) is 3.13. The highest BCUT2D eigenvalue weighted by molar-refractivity contribution is 5.89. The lowest BCUT2D eigenvalue weighted by Crippen LogP contribution is -2.57. The van der Waals surface area contributed by atoms with Crippen molar-refractivity contribution in [3.63, 3.8) is 0 Å². The first kappa shape index (κ1) is 24.7. The van der Waals surface area contributed by atoms with E-state index in [0.717, 1.165) is 16.7 Å². The minimum Gasteiger partial charge on any atom is -0.480 e. The zero-order chi connectivity index (χ0) is 24.9. The molecule has 2 aliphatic rings. The number of fused-ring (bicyclic) bond motifs is 3. The fourth-order valence-electron chi connectivity index (χ4n) is 5.34. The quantitative estimate of drug-likeness (QED) is 0.393. The second-order valence-electron chi connectivity index (χ2n) is 9.21. The molecule has 0 bridgehead atoms. The molecule has 35 heavy (non-hydrogen) atoms. The molecular formula is C27H33N3O5. The molecule has 0 spiro atoms. The fraction of sp³-hybridized carbons (Fsp3) is 0.444. The number of benzene rings is 2. The van der Waals surface area contributed by atoms with Gasteiger partial charge >= 0.3 is 11.9 Å². The summed E-state index contributed by atoms with van der Waals surface area (Å²) >= 11 is 0. The Bertz CT molecular complexity index is 1070. The predicted molar refractivity (Wildman–Crippen MR) is 132 cm³/mol. The third-order valence-electron chi connectivity index (χ3n) is 7.02. The van der Waals surface area contributed by atoms with E-state index in [1.165, 1.54) is 4.90 Å². The van der Waals surface area contributed by atoms with Crippen LogP contribution in [-0.2, 0) is 32.0 Å². The van der Waals surface area contributed by atoms with Crippen LogP contribution in [0.4, 0.5) is 5.69 Å². The number of nitrogens with zero attached hydrogens (tertiary/aromatic N) is 1. The van der Waals surface area contributed by atoms with Crippen LogP contribution in [0.1, 0.15) is 55.3 Å². The molecule has 0 saturated carbocycles. The van der Waals surface area contributed by atoms with Crippen molar-refractivity contribution in [2.24, 2.45) is 0 Å². The zero-order valence-electron chi connectivity index (χ0n) is 20.0. The van der Waals surface area contributed by atoms with Crippen molar-refractivity contribution >= 4 is 23.5 Å². The lowest BCUT2D eigenvalue weighted by Gasteiger charge is -2.41. The molecule has 8 heteroatoms. The first-order valence-corrected chi connectivity index (χ1v) is 12.3. The smallest absolute Gasteiger partial charge is 0.326 e. The summed E-state index contributed by atoms with van der Waals surface area (Å²) in [6.45, 7) is 1.97. The number of nitrogens with two attached hydrogens (primary N) is 1. The van der Waals surface area contributed by atoms with Crippen molar-refractivity contribution in [3.8, 4) is 0 Å². The number of esters is 1. The van der Waals surface area contributed by atoms with Crippen LogP contribution in [0.3, 0.4) is 0 Å². The molecule has 0 aliphatic carbocycles. The highest BCUT2D eigenvalue weighted by atomic mass is 16.5. The Morgan fingerprint density at radius 2 is 1.94 bits per heavy atom. The number of hydrogen-bond donors (Lipinski definition) is 3. The van der Waals surface area contributed by atoms with Crippen LogP contribution in [0.2, 0.25) is 0 Å². The van der Waals surface area contributed by atoms with Gasteiger partial charge in [0.1, 0.15) is 12.1 Å². The van der Waals surface area contributed by atoms with Crippen molar-refractivity contribution in [1.82, 2.24) is 10.2 Å². The normalized spacial score (nSPS) is 22.5. The van der Waals surface area contributed by atoms with E-state index in [-0.39, 0.29) is 25.0 Å². The van der Waals surface area contributed by atoms with Crippen molar-refractivity contribution < 1.29 is 24.2 Å². The number of carboxylic acid groups (broad SMARTS) is 1. The van der Waals surface area contributed by atoms with Gasteiger partial charge in [-0.3, -0.25) is 14.9 Å². The molecule has 4 atom stereocenters. The van der Waals surface area contributed by atoms with E-state index in [9.17, 15) is 19.5 Å². The lowest BCUT2D eigenvalue weighted by molar-refractivity contribution is -0.156. The number of amides is 1. The highest BCUT2D eigenvalue weighted by Gasteiger charge is 2.45. The molecule has 1 fully saturated rings. The molecule has 4 rings (SSSR count). The molecule has 2 aromatic carbocycles. The largest absolute Gasteiger partial charge is 0.480 e. The Hall–Kier alpha value is -3.39. The zero-order valence-corrected chi connectivity index (χ0v) is 20.0. The molecule has 2 aliphatic heterocycles. The van der Waals surface area contributed by atoms with Crippen molar-refractivity contribution in [2.45, 2.75) is 69.6 Å². The second-order valence-corrected chi connectivity index (χ2v) is 9.21. The molecule has 0 radical (unpaired) electrons. The maximum absolute atomic E-state index is 13.9. The second kappa shape index (κ2) is 10.9. The summed E-state index contributed by atoms with van der Waals surface area (Å²) in [5.41, 5.74) is 9.72. The molecule has 4 unspecified atom stereocenters. The number of piperidine rings is 1. The van der Waals surface area contributed by atoms with E-state index in [2.05, 4.69) is 5.32 Å². The number of anilines is 1. The number of rotatable bonds is 8. The highest BCUT2D eigenvalue weighted by Crippen LogP contribution is 2.40.